The predicted molar refractivity (Wildman–Crippen MR) is 63.8 cm³/mol. The zero-order chi connectivity index (χ0) is 14.0. The van der Waals surface area contributed by atoms with Gasteiger partial charge < -0.3 is 30.0 Å². The van der Waals surface area contributed by atoms with Crippen molar-refractivity contribution in [1.29, 1.82) is 0 Å². The molecule has 7 heteroatoms. The highest BCUT2D eigenvalue weighted by Gasteiger charge is 2.40. The van der Waals surface area contributed by atoms with Crippen LogP contribution in [0.1, 0.15) is 11.3 Å². The Hall–Kier alpha value is -1.41. The van der Waals surface area contributed by atoms with Crippen LogP contribution in [0.4, 0.5) is 0 Å². The van der Waals surface area contributed by atoms with E-state index in [0.717, 1.165) is 11.0 Å². The summed E-state index contributed by atoms with van der Waals surface area (Å²) in [6.45, 7) is 0.121. The van der Waals surface area contributed by atoms with Crippen molar-refractivity contribution in [2.45, 2.75) is 30.8 Å². The zero-order valence-corrected chi connectivity index (χ0v) is 10.7. The molecule has 0 spiro atoms. The lowest BCUT2D eigenvalue weighted by molar-refractivity contribution is -0.323. The Labute approximate surface area is 113 Å². The average Bonchev–Trinajstić information content (AvgIpc) is 2.85. The summed E-state index contributed by atoms with van der Waals surface area (Å²) in [6, 6.07) is 3.63. The van der Waals surface area contributed by atoms with E-state index in [1.807, 2.05) is 17.5 Å². The number of ether oxygens (including phenoxy) is 1. The number of hydrogen-bond donors (Lipinski definition) is 3. The average molecular weight is 285 g/mol. The summed E-state index contributed by atoms with van der Waals surface area (Å²) in [5, 5.41) is 41.8. The molecule has 104 valence electrons. The minimum Gasteiger partial charge on any atom is -0.547 e. The van der Waals surface area contributed by atoms with Gasteiger partial charge >= 0.3 is 0 Å². The molecule has 0 radical (unpaired) electrons. The molecule has 0 aliphatic heterocycles. The van der Waals surface area contributed by atoms with Crippen molar-refractivity contribution in [1.82, 2.24) is 0 Å². The summed E-state index contributed by atoms with van der Waals surface area (Å²) in [5.41, 5.74) is -2.33. The van der Waals surface area contributed by atoms with Crippen molar-refractivity contribution in [3.63, 3.8) is 0 Å². The Morgan fingerprint density at radius 2 is 2.32 bits per heavy atom. The molecular formula is C12H13O6S-. The van der Waals surface area contributed by atoms with E-state index >= 15 is 0 Å². The Morgan fingerprint density at radius 1 is 1.58 bits per heavy atom. The Kier molecular flexibility index (Phi) is 3.91. The molecule has 1 aliphatic rings. The molecule has 1 aliphatic carbocycles. The highest BCUT2D eigenvalue weighted by Crippen LogP contribution is 2.28. The van der Waals surface area contributed by atoms with Gasteiger partial charge in [0.05, 0.1) is 12.1 Å². The van der Waals surface area contributed by atoms with Crippen LogP contribution in [-0.2, 0) is 16.1 Å². The van der Waals surface area contributed by atoms with E-state index in [1.54, 1.807) is 0 Å². The monoisotopic (exact) mass is 285 g/mol. The molecule has 0 amide bonds. The van der Waals surface area contributed by atoms with E-state index in [9.17, 15) is 25.2 Å². The number of carbonyl (C=O) groups is 1. The van der Waals surface area contributed by atoms with Crippen LogP contribution in [0.3, 0.4) is 0 Å². The number of carboxylic acids is 1. The van der Waals surface area contributed by atoms with Gasteiger partial charge in [-0.15, -0.1) is 11.3 Å². The summed E-state index contributed by atoms with van der Waals surface area (Å²) >= 11 is 1.43. The van der Waals surface area contributed by atoms with Gasteiger partial charge in [-0.2, -0.15) is 0 Å². The van der Waals surface area contributed by atoms with Crippen LogP contribution in [0.25, 0.3) is 0 Å². The van der Waals surface area contributed by atoms with Gasteiger partial charge in [-0.25, -0.2) is 0 Å². The van der Waals surface area contributed by atoms with Crippen molar-refractivity contribution in [3.8, 4) is 0 Å². The molecule has 0 unspecified atom stereocenters. The number of carboxylic acid groups (broad SMARTS) is 1. The van der Waals surface area contributed by atoms with Gasteiger partial charge in [0, 0.05) is 11.3 Å². The zero-order valence-electron chi connectivity index (χ0n) is 9.85. The molecule has 1 heterocycles. The Balaban J connectivity index is 2.15. The second kappa shape index (κ2) is 5.30. The van der Waals surface area contributed by atoms with E-state index in [1.165, 1.54) is 11.3 Å². The molecule has 1 aromatic heterocycles. The van der Waals surface area contributed by atoms with E-state index < -0.39 is 30.2 Å². The van der Waals surface area contributed by atoms with Gasteiger partial charge in [0.15, 0.2) is 0 Å². The first-order valence-electron chi connectivity index (χ1n) is 5.60. The molecule has 0 saturated carbocycles. The summed E-state index contributed by atoms with van der Waals surface area (Å²) in [5.74, 6) is -1.91. The molecule has 1 aromatic rings. The van der Waals surface area contributed by atoms with E-state index in [0.29, 0.717) is 0 Å². The van der Waals surface area contributed by atoms with Crippen molar-refractivity contribution in [2.24, 2.45) is 0 Å². The number of hydrogen-bond acceptors (Lipinski definition) is 7. The maximum Gasteiger partial charge on any atom is 0.137 e. The first kappa shape index (κ1) is 14.0. The Bertz CT molecular complexity index is 482. The number of aliphatic carboxylic acids is 1. The number of carbonyl (C=O) groups excluding carboxylic acids is 1. The van der Waals surface area contributed by atoms with Crippen LogP contribution in [0.15, 0.2) is 29.3 Å². The van der Waals surface area contributed by atoms with Crippen LogP contribution >= 0.6 is 11.3 Å². The van der Waals surface area contributed by atoms with Gasteiger partial charge in [0.25, 0.3) is 0 Å². The maximum atomic E-state index is 10.9. The largest absolute Gasteiger partial charge is 0.547 e. The third-order valence-corrected chi connectivity index (χ3v) is 3.72. The lowest BCUT2D eigenvalue weighted by atomic mass is 9.86. The smallest absolute Gasteiger partial charge is 0.137 e. The summed E-state index contributed by atoms with van der Waals surface area (Å²) < 4.78 is 5.27. The first-order valence-corrected chi connectivity index (χ1v) is 6.48. The molecule has 0 saturated heterocycles. The van der Waals surface area contributed by atoms with Gasteiger partial charge in [0.2, 0.25) is 0 Å². The minimum absolute atomic E-state index is 0.121. The Morgan fingerprint density at radius 3 is 2.89 bits per heavy atom. The van der Waals surface area contributed by atoms with Gasteiger partial charge in [0.1, 0.15) is 24.1 Å². The van der Waals surface area contributed by atoms with Crippen LogP contribution in [0, 0.1) is 0 Å². The number of aliphatic hydroxyl groups is 3. The lowest BCUT2D eigenvalue weighted by Crippen LogP contribution is -2.54. The number of rotatable bonds is 4. The number of thiophene rings is 1. The number of aliphatic hydroxyl groups excluding tert-OH is 2. The molecule has 0 bridgehead atoms. The fourth-order valence-corrected chi connectivity index (χ4v) is 2.43. The highest BCUT2D eigenvalue weighted by molar-refractivity contribution is 7.09. The van der Waals surface area contributed by atoms with Crippen molar-refractivity contribution in [3.05, 3.63) is 34.2 Å². The van der Waals surface area contributed by atoms with Crippen molar-refractivity contribution >= 4 is 17.3 Å². The normalized spacial score (nSPS) is 30.8. The fraction of sp³-hybridized carbons (Fsp3) is 0.417. The van der Waals surface area contributed by atoms with E-state index in [-0.39, 0.29) is 12.4 Å². The molecule has 3 atom stereocenters. The third-order valence-electron chi connectivity index (χ3n) is 2.87. The lowest BCUT2D eigenvalue weighted by Gasteiger charge is -2.36. The van der Waals surface area contributed by atoms with Gasteiger partial charge in [-0.1, -0.05) is 6.07 Å². The highest BCUT2D eigenvalue weighted by atomic mass is 32.1. The molecule has 0 aromatic carbocycles. The summed E-state index contributed by atoms with van der Waals surface area (Å²) in [7, 11) is 0. The second-order valence-corrected chi connectivity index (χ2v) is 5.38. The van der Waals surface area contributed by atoms with Crippen LogP contribution in [0.5, 0.6) is 0 Å². The van der Waals surface area contributed by atoms with Crippen LogP contribution < -0.4 is 5.11 Å². The quantitative estimate of drug-likeness (QED) is 0.638. The van der Waals surface area contributed by atoms with Crippen LogP contribution in [-0.4, -0.2) is 39.1 Å². The molecule has 0 fully saturated rings. The maximum absolute atomic E-state index is 10.9. The first-order chi connectivity index (χ1) is 8.92. The topological polar surface area (TPSA) is 110 Å². The van der Waals surface area contributed by atoms with Crippen molar-refractivity contribution < 1.29 is 30.0 Å². The molecule has 2 rings (SSSR count). The summed E-state index contributed by atoms with van der Waals surface area (Å²) in [6.07, 6.45) is -2.44. The van der Waals surface area contributed by atoms with Gasteiger partial charge in [-0.05, 0) is 17.5 Å². The molecule has 19 heavy (non-hydrogen) atoms. The van der Waals surface area contributed by atoms with Gasteiger partial charge in [-0.3, -0.25) is 0 Å². The van der Waals surface area contributed by atoms with E-state index in [4.69, 9.17) is 4.74 Å². The third kappa shape index (κ3) is 2.95. The second-order valence-electron chi connectivity index (χ2n) is 4.34. The van der Waals surface area contributed by atoms with E-state index in [2.05, 4.69) is 0 Å². The van der Waals surface area contributed by atoms with Crippen molar-refractivity contribution in [2.75, 3.05) is 0 Å². The standard InChI is InChI=1S/C12H14O6S/c13-8-4-12(17,11(15)16)5-9(10(8)14)18-6-7-2-1-3-19-7/h1-3,5,8,10,13-14,17H,4,6H2,(H,15,16)/p-1/t8-,10+,12-/m1/s1. The minimum atomic E-state index is -2.33. The molecule has 3 N–H and O–H groups in total. The van der Waals surface area contributed by atoms with Crippen LogP contribution in [0.2, 0.25) is 0 Å². The molecular weight excluding hydrogens is 272 g/mol. The summed E-state index contributed by atoms with van der Waals surface area (Å²) in [4.78, 5) is 11.7. The SMILES string of the molecule is O=C([O-])[C@]1(O)C=C(OCc2cccs2)[C@@H](O)[C@H](O)C1. The fourth-order valence-electron chi connectivity index (χ4n) is 1.82. The predicted octanol–water partition coefficient (Wildman–Crippen LogP) is -1.24. The molecule has 6 nitrogen and oxygen atoms in total.